The molecular formula is C14H17BrN2. The summed E-state index contributed by atoms with van der Waals surface area (Å²) in [7, 11) is 0. The van der Waals surface area contributed by atoms with Crippen molar-refractivity contribution in [1.82, 2.24) is 10.3 Å². The summed E-state index contributed by atoms with van der Waals surface area (Å²) < 4.78 is 1.14. The van der Waals surface area contributed by atoms with Gasteiger partial charge in [0.25, 0.3) is 0 Å². The fourth-order valence-corrected chi connectivity index (χ4v) is 3.20. The monoisotopic (exact) mass is 292 g/mol. The van der Waals surface area contributed by atoms with E-state index in [2.05, 4.69) is 51.4 Å². The lowest BCUT2D eigenvalue weighted by Crippen LogP contribution is -2.28. The molecule has 2 N–H and O–H groups in total. The summed E-state index contributed by atoms with van der Waals surface area (Å²) >= 11 is 3.53. The van der Waals surface area contributed by atoms with Crippen molar-refractivity contribution in [1.29, 1.82) is 0 Å². The Morgan fingerprint density at radius 2 is 2.24 bits per heavy atom. The number of fused-ring (bicyclic) bond motifs is 1. The van der Waals surface area contributed by atoms with Crippen LogP contribution < -0.4 is 5.32 Å². The second kappa shape index (κ2) is 4.46. The maximum atomic E-state index is 3.60. The predicted octanol–water partition coefficient (Wildman–Crippen LogP) is 3.71. The van der Waals surface area contributed by atoms with E-state index < -0.39 is 0 Å². The van der Waals surface area contributed by atoms with Crippen LogP contribution in [0, 0.1) is 6.92 Å². The zero-order valence-corrected chi connectivity index (χ0v) is 11.6. The highest BCUT2D eigenvalue weighted by molar-refractivity contribution is 9.10. The van der Waals surface area contributed by atoms with Crippen LogP contribution in [-0.4, -0.2) is 18.1 Å². The maximum absolute atomic E-state index is 3.60. The fraction of sp³-hybridized carbons (Fsp3) is 0.429. The Morgan fingerprint density at radius 1 is 1.35 bits per heavy atom. The zero-order valence-electron chi connectivity index (χ0n) is 10.0. The molecule has 1 saturated heterocycles. The highest BCUT2D eigenvalue weighted by Gasteiger charge is 2.19. The third-order valence-corrected chi connectivity index (χ3v) is 4.26. The Labute approximate surface area is 110 Å². The Balaban J connectivity index is 2.07. The van der Waals surface area contributed by atoms with Crippen molar-refractivity contribution in [3.05, 3.63) is 33.9 Å². The number of halogens is 1. The summed E-state index contributed by atoms with van der Waals surface area (Å²) in [5, 5.41) is 4.84. The third-order valence-electron chi connectivity index (χ3n) is 3.76. The molecule has 2 nitrogen and oxygen atoms in total. The molecule has 3 rings (SSSR count). The lowest BCUT2D eigenvalue weighted by Gasteiger charge is -2.22. The van der Waals surface area contributed by atoms with Crippen molar-refractivity contribution in [2.45, 2.75) is 25.7 Å². The smallest absolute Gasteiger partial charge is 0.0470 e. The van der Waals surface area contributed by atoms with Crippen LogP contribution in [0.25, 0.3) is 10.9 Å². The van der Waals surface area contributed by atoms with Gasteiger partial charge in [-0.25, -0.2) is 0 Å². The van der Waals surface area contributed by atoms with Gasteiger partial charge in [-0.1, -0.05) is 22.0 Å². The van der Waals surface area contributed by atoms with Crippen molar-refractivity contribution in [2.75, 3.05) is 13.1 Å². The average Bonchev–Trinajstić information content (AvgIpc) is 2.67. The molecule has 1 aliphatic heterocycles. The molecule has 0 spiro atoms. The lowest BCUT2D eigenvalue weighted by atomic mass is 9.93. The summed E-state index contributed by atoms with van der Waals surface area (Å²) in [6.07, 6.45) is 2.57. The van der Waals surface area contributed by atoms with E-state index in [4.69, 9.17) is 0 Å². The Hall–Kier alpha value is -0.800. The van der Waals surface area contributed by atoms with Gasteiger partial charge in [0.15, 0.2) is 0 Å². The molecule has 0 radical (unpaired) electrons. The molecule has 1 aromatic heterocycles. The van der Waals surface area contributed by atoms with Gasteiger partial charge in [0.05, 0.1) is 0 Å². The topological polar surface area (TPSA) is 27.8 Å². The van der Waals surface area contributed by atoms with Gasteiger partial charge >= 0.3 is 0 Å². The van der Waals surface area contributed by atoms with Crippen LogP contribution in [-0.2, 0) is 0 Å². The molecule has 0 aliphatic carbocycles. The number of H-pyrrole nitrogens is 1. The van der Waals surface area contributed by atoms with E-state index >= 15 is 0 Å². The molecule has 2 aromatic rings. The van der Waals surface area contributed by atoms with E-state index in [-0.39, 0.29) is 0 Å². The number of aromatic nitrogens is 1. The van der Waals surface area contributed by atoms with Crippen LogP contribution >= 0.6 is 15.9 Å². The molecule has 1 aromatic carbocycles. The van der Waals surface area contributed by atoms with Crippen molar-refractivity contribution >= 4 is 26.8 Å². The van der Waals surface area contributed by atoms with E-state index in [1.54, 1.807) is 0 Å². The molecule has 1 fully saturated rings. The van der Waals surface area contributed by atoms with Gasteiger partial charge in [-0.15, -0.1) is 0 Å². The molecule has 90 valence electrons. The van der Waals surface area contributed by atoms with Gasteiger partial charge in [-0.05, 0) is 44.0 Å². The van der Waals surface area contributed by atoms with Crippen LogP contribution in [0.1, 0.15) is 30.0 Å². The number of aryl methyl sites for hydroxylation is 1. The average molecular weight is 293 g/mol. The zero-order chi connectivity index (χ0) is 11.8. The van der Waals surface area contributed by atoms with Crippen LogP contribution in [0.3, 0.4) is 0 Å². The first-order chi connectivity index (χ1) is 8.25. The van der Waals surface area contributed by atoms with Gasteiger partial charge in [0.2, 0.25) is 0 Å². The van der Waals surface area contributed by atoms with Gasteiger partial charge in [-0.2, -0.15) is 0 Å². The minimum Gasteiger partial charge on any atom is -0.358 e. The Bertz CT molecular complexity index is 538. The molecule has 17 heavy (non-hydrogen) atoms. The largest absolute Gasteiger partial charge is 0.358 e. The van der Waals surface area contributed by atoms with Crippen molar-refractivity contribution in [2.24, 2.45) is 0 Å². The molecule has 0 amide bonds. The first-order valence-electron chi connectivity index (χ1n) is 6.24. The highest BCUT2D eigenvalue weighted by Crippen LogP contribution is 2.31. The first-order valence-corrected chi connectivity index (χ1v) is 7.03. The minimum atomic E-state index is 0.648. The third kappa shape index (κ3) is 2.02. The normalized spacial score (nSPS) is 20.9. The number of benzene rings is 1. The van der Waals surface area contributed by atoms with Gasteiger partial charge in [0, 0.05) is 33.5 Å². The van der Waals surface area contributed by atoms with Gasteiger partial charge in [-0.3, -0.25) is 0 Å². The quantitative estimate of drug-likeness (QED) is 0.824. The standard InChI is InChI=1S/C14H17BrN2/c1-9-12-5-4-11(15)7-13(12)17-14(9)10-3-2-6-16-8-10/h4-5,7,10,16-17H,2-3,6,8H2,1H3. The van der Waals surface area contributed by atoms with E-state index in [1.807, 2.05) is 0 Å². The number of aromatic amines is 1. The van der Waals surface area contributed by atoms with E-state index in [0.717, 1.165) is 11.0 Å². The van der Waals surface area contributed by atoms with E-state index in [9.17, 15) is 0 Å². The second-order valence-electron chi connectivity index (χ2n) is 4.90. The summed E-state index contributed by atoms with van der Waals surface area (Å²) in [5.41, 5.74) is 4.09. The number of piperidine rings is 1. The molecule has 1 aliphatic rings. The van der Waals surface area contributed by atoms with Crippen LogP contribution in [0.4, 0.5) is 0 Å². The lowest BCUT2D eigenvalue weighted by molar-refractivity contribution is 0.455. The molecule has 0 bridgehead atoms. The molecule has 1 unspecified atom stereocenters. The molecule has 1 atom stereocenters. The molecule has 0 saturated carbocycles. The number of rotatable bonds is 1. The van der Waals surface area contributed by atoms with Crippen molar-refractivity contribution in [3.63, 3.8) is 0 Å². The summed E-state index contributed by atoms with van der Waals surface area (Å²) in [4.78, 5) is 3.60. The Morgan fingerprint density at radius 3 is 3.00 bits per heavy atom. The predicted molar refractivity (Wildman–Crippen MR) is 75.6 cm³/mol. The summed E-state index contributed by atoms with van der Waals surface area (Å²) in [5.74, 6) is 0.648. The fourth-order valence-electron chi connectivity index (χ4n) is 2.84. The maximum Gasteiger partial charge on any atom is 0.0470 e. The highest BCUT2D eigenvalue weighted by atomic mass is 79.9. The molecule has 2 heterocycles. The summed E-state index contributed by atoms with van der Waals surface area (Å²) in [6, 6.07) is 6.49. The number of hydrogen-bond donors (Lipinski definition) is 2. The molecular weight excluding hydrogens is 276 g/mol. The van der Waals surface area contributed by atoms with Gasteiger partial charge in [0.1, 0.15) is 0 Å². The van der Waals surface area contributed by atoms with Crippen molar-refractivity contribution in [3.8, 4) is 0 Å². The number of hydrogen-bond acceptors (Lipinski definition) is 1. The second-order valence-corrected chi connectivity index (χ2v) is 5.81. The minimum absolute atomic E-state index is 0.648. The Kier molecular flexibility index (Phi) is 2.97. The summed E-state index contributed by atoms with van der Waals surface area (Å²) in [6.45, 7) is 4.51. The first kappa shape index (κ1) is 11.3. The van der Waals surface area contributed by atoms with Crippen molar-refractivity contribution < 1.29 is 0 Å². The van der Waals surface area contributed by atoms with Gasteiger partial charge < -0.3 is 10.3 Å². The van der Waals surface area contributed by atoms with E-state index in [1.165, 1.54) is 41.5 Å². The van der Waals surface area contributed by atoms with Crippen LogP contribution in [0.2, 0.25) is 0 Å². The SMILES string of the molecule is Cc1c(C2CCCNC2)[nH]c2cc(Br)ccc12. The molecule has 3 heteroatoms. The van der Waals surface area contributed by atoms with E-state index in [0.29, 0.717) is 5.92 Å². The van der Waals surface area contributed by atoms with Crippen LogP contribution in [0.5, 0.6) is 0 Å². The number of nitrogens with one attached hydrogen (secondary N) is 2. The van der Waals surface area contributed by atoms with Crippen LogP contribution in [0.15, 0.2) is 22.7 Å².